The molecule has 0 N–H and O–H groups in total. The maximum absolute atomic E-state index is 12.7. The molecule has 8 heteroatoms. The maximum atomic E-state index is 12.7. The van der Waals surface area contributed by atoms with E-state index in [9.17, 15) is 4.79 Å². The molecule has 7 nitrogen and oxygen atoms in total. The van der Waals surface area contributed by atoms with Crippen LogP contribution in [0.4, 0.5) is 0 Å². The third kappa shape index (κ3) is 3.82. The van der Waals surface area contributed by atoms with Crippen molar-refractivity contribution in [1.29, 1.82) is 0 Å². The van der Waals surface area contributed by atoms with Gasteiger partial charge in [-0.05, 0) is 38.4 Å². The molecule has 0 bridgehead atoms. The van der Waals surface area contributed by atoms with E-state index in [0.29, 0.717) is 42.1 Å². The van der Waals surface area contributed by atoms with E-state index < -0.39 is 0 Å². The molecule has 1 aromatic carbocycles. The van der Waals surface area contributed by atoms with E-state index in [1.807, 2.05) is 17.0 Å². The highest BCUT2D eigenvalue weighted by Gasteiger charge is 2.29. The van der Waals surface area contributed by atoms with Crippen LogP contribution in [-0.2, 0) is 11.3 Å². The van der Waals surface area contributed by atoms with Crippen LogP contribution in [0.25, 0.3) is 0 Å². The Kier molecular flexibility index (Phi) is 5.46. The van der Waals surface area contributed by atoms with Crippen LogP contribution in [-0.4, -0.2) is 47.3 Å². The molecule has 0 spiro atoms. The SMILES string of the molecule is CC(c1ccon1)N(C)C1CCC(=O)N(Cc2cc3c(cc2Cl)OCO3)CC1. The fourth-order valence-electron chi connectivity index (χ4n) is 3.84. The summed E-state index contributed by atoms with van der Waals surface area (Å²) in [5.41, 5.74) is 1.78. The topological polar surface area (TPSA) is 68.0 Å². The summed E-state index contributed by atoms with van der Waals surface area (Å²) >= 11 is 6.40. The molecule has 1 aromatic heterocycles. The van der Waals surface area contributed by atoms with Crippen LogP contribution in [0.1, 0.15) is 43.5 Å². The highest BCUT2D eigenvalue weighted by molar-refractivity contribution is 6.31. The van der Waals surface area contributed by atoms with Gasteiger partial charge in [-0.15, -0.1) is 0 Å². The van der Waals surface area contributed by atoms with E-state index in [2.05, 4.69) is 24.0 Å². The average molecular weight is 406 g/mol. The van der Waals surface area contributed by atoms with Gasteiger partial charge in [0.1, 0.15) is 12.0 Å². The van der Waals surface area contributed by atoms with E-state index in [-0.39, 0.29) is 18.7 Å². The van der Waals surface area contributed by atoms with E-state index in [4.69, 9.17) is 25.6 Å². The molecule has 2 atom stereocenters. The fraction of sp³-hybridized carbons (Fsp3) is 0.500. The molecule has 0 aliphatic carbocycles. The first-order valence-corrected chi connectivity index (χ1v) is 9.88. The zero-order valence-corrected chi connectivity index (χ0v) is 16.8. The minimum atomic E-state index is 0.133. The smallest absolute Gasteiger partial charge is 0.231 e. The van der Waals surface area contributed by atoms with Crippen LogP contribution in [0.15, 0.2) is 29.0 Å². The summed E-state index contributed by atoms with van der Waals surface area (Å²) in [5, 5.41) is 4.64. The van der Waals surface area contributed by atoms with Crippen LogP contribution in [0, 0.1) is 0 Å². The number of nitrogens with zero attached hydrogens (tertiary/aromatic N) is 3. The van der Waals surface area contributed by atoms with Gasteiger partial charge in [0.2, 0.25) is 12.7 Å². The van der Waals surface area contributed by atoms with Gasteiger partial charge in [-0.25, -0.2) is 0 Å². The Morgan fingerprint density at radius 2 is 2.11 bits per heavy atom. The minimum absolute atomic E-state index is 0.133. The van der Waals surface area contributed by atoms with Crippen LogP contribution in [0.2, 0.25) is 5.02 Å². The number of carbonyl (C=O) groups excluding carboxylic acids is 1. The number of carbonyl (C=O) groups is 1. The molecule has 1 saturated heterocycles. The number of hydrogen-bond acceptors (Lipinski definition) is 6. The number of fused-ring (bicyclic) bond motifs is 1. The van der Waals surface area contributed by atoms with E-state index in [0.717, 1.165) is 24.1 Å². The lowest BCUT2D eigenvalue weighted by Crippen LogP contribution is -2.35. The molecule has 1 fully saturated rings. The molecule has 3 heterocycles. The molecule has 0 saturated carbocycles. The van der Waals surface area contributed by atoms with Crippen LogP contribution in [0.5, 0.6) is 11.5 Å². The van der Waals surface area contributed by atoms with Gasteiger partial charge in [0.15, 0.2) is 11.5 Å². The summed E-state index contributed by atoms with van der Waals surface area (Å²) < 4.78 is 15.8. The monoisotopic (exact) mass is 405 g/mol. The van der Waals surface area contributed by atoms with Crippen LogP contribution >= 0.6 is 11.6 Å². The Balaban J connectivity index is 1.43. The second-order valence-corrected chi connectivity index (χ2v) is 7.77. The molecular weight excluding hydrogens is 382 g/mol. The Morgan fingerprint density at radius 3 is 2.86 bits per heavy atom. The molecular formula is C20H24ClN3O4. The molecule has 4 rings (SSSR count). The summed E-state index contributed by atoms with van der Waals surface area (Å²) in [5.74, 6) is 1.49. The number of likely N-dealkylation sites (tertiary alicyclic amines) is 1. The summed E-state index contributed by atoms with van der Waals surface area (Å²) in [7, 11) is 2.08. The fourth-order valence-corrected chi connectivity index (χ4v) is 4.06. The number of aromatic nitrogens is 1. The van der Waals surface area contributed by atoms with Gasteiger partial charge < -0.3 is 18.9 Å². The lowest BCUT2D eigenvalue weighted by Gasteiger charge is -2.31. The quantitative estimate of drug-likeness (QED) is 0.756. The Morgan fingerprint density at radius 1 is 1.32 bits per heavy atom. The predicted octanol–water partition coefficient (Wildman–Crippen LogP) is 3.63. The van der Waals surface area contributed by atoms with Crippen molar-refractivity contribution in [3.8, 4) is 11.5 Å². The van der Waals surface area contributed by atoms with Crippen molar-refractivity contribution in [3.63, 3.8) is 0 Å². The van der Waals surface area contributed by atoms with Crippen molar-refractivity contribution in [3.05, 3.63) is 40.7 Å². The zero-order valence-electron chi connectivity index (χ0n) is 16.1. The number of halogens is 1. The van der Waals surface area contributed by atoms with E-state index in [1.54, 1.807) is 12.3 Å². The van der Waals surface area contributed by atoms with E-state index >= 15 is 0 Å². The number of benzene rings is 1. The first-order chi connectivity index (χ1) is 13.5. The van der Waals surface area contributed by atoms with Crippen molar-refractivity contribution in [1.82, 2.24) is 15.0 Å². The molecule has 1 amide bonds. The van der Waals surface area contributed by atoms with Crippen molar-refractivity contribution in [2.75, 3.05) is 20.4 Å². The van der Waals surface area contributed by atoms with Crippen molar-refractivity contribution in [2.24, 2.45) is 0 Å². The normalized spacial score (nSPS) is 20.5. The summed E-state index contributed by atoms with van der Waals surface area (Å²) in [4.78, 5) is 16.9. The van der Waals surface area contributed by atoms with Gasteiger partial charge in [-0.3, -0.25) is 9.69 Å². The van der Waals surface area contributed by atoms with E-state index in [1.165, 1.54) is 0 Å². The van der Waals surface area contributed by atoms with Crippen molar-refractivity contribution >= 4 is 17.5 Å². The van der Waals surface area contributed by atoms with Crippen molar-refractivity contribution in [2.45, 2.75) is 44.8 Å². The number of ether oxygens (including phenoxy) is 2. The Hall–Kier alpha value is -2.25. The molecule has 2 aliphatic heterocycles. The Bertz CT molecular complexity index is 842. The number of hydrogen-bond donors (Lipinski definition) is 0. The molecule has 150 valence electrons. The largest absolute Gasteiger partial charge is 0.454 e. The zero-order chi connectivity index (χ0) is 19.7. The number of rotatable bonds is 5. The molecule has 0 radical (unpaired) electrons. The van der Waals surface area contributed by atoms with Gasteiger partial charge in [0.05, 0.1) is 6.04 Å². The third-order valence-corrected chi connectivity index (χ3v) is 6.10. The molecule has 2 aliphatic rings. The molecule has 2 aromatic rings. The Labute approximate surface area is 169 Å². The first kappa shape index (κ1) is 19.1. The predicted molar refractivity (Wildman–Crippen MR) is 103 cm³/mol. The highest BCUT2D eigenvalue weighted by Crippen LogP contribution is 2.37. The lowest BCUT2D eigenvalue weighted by molar-refractivity contribution is -0.131. The first-order valence-electron chi connectivity index (χ1n) is 9.51. The van der Waals surface area contributed by atoms with Crippen LogP contribution < -0.4 is 9.47 Å². The van der Waals surface area contributed by atoms with Gasteiger partial charge in [0.25, 0.3) is 0 Å². The molecule has 28 heavy (non-hydrogen) atoms. The van der Waals surface area contributed by atoms with Crippen molar-refractivity contribution < 1.29 is 18.8 Å². The average Bonchev–Trinajstić information content (AvgIpc) is 3.34. The molecule has 2 unspecified atom stereocenters. The minimum Gasteiger partial charge on any atom is -0.454 e. The highest BCUT2D eigenvalue weighted by atomic mass is 35.5. The second-order valence-electron chi connectivity index (χ2n) is 7.36. The summed E-state index contributed by atoms with van der Waals surface area (Å²) in [6, 6.07) is 5.95. The van der Waals surface area contributed by atoms with Gasteiger partial charge in [0, 0.05) is 42.7 Å². The second kappa shape index (κ2) is 8.01. The number of amides is 1. The maximum Gasteiger partial charge on any atom is 0.231 e. The lowest BCUT2D eigenvalue weighted by atomic mass is 10.0. The summed E-state index contributed by atoms with van der Waals surface area (Å²) in [6.45, 7) is 3.47. The van der Waals surface area contributed by atoms with Gasteiger partial charge in [-0.2, -0.15) is 0 Å². The van der Waals surface area contributed by atoms with Crippen LogP contribution in [0.3, 0.4) is 0 Å². The van der Waals surface area contributed by atoms with Gasteiger partial charge >= 0.3 is 0 Å². The third-order valence-electron chi connectivity index (χ3n) is 5.75. The van der Waals surface area contributed by atoms with Gasteiger partial charge in [-0.1, -0.05) is 16.8 Å². The summed E-state index contributed by atoms with van der Waals surface area (Å²) in [6.07, 6.45) is 3.82. The standard InChI is InChI=1S/C20H24ClN3O4/c1-13(17-6-8-28-22-17)23(2)15-3-4-20(25)24(7-5-15)11-14-9-18-19(10-16(14)21)27-12-26-18/h6,8-10,13,15H,3-5,7,11-12H2,1-2H3.